The van der Waals surface area contributed by atoms with Crippen molar-refractivity contribution in [3.05, 3.63) is 94.1 Å². The molecule has 36 heavy (non-hydrogen) atoms. The van der Waals surface area contributed by atoms with Crippen molar-refractivity contribution in [2.75, 3.05) is 0 Å². The second-order valence-electron chi connectivity index (χ2n) is 10.2. The molecule has 4 nitrogen and oxygen atoms in total. The van der Waals surface area contributed by atoms with E-state index < -0.39 is 11.7 Å². The molecule has 0 saturated heterocycles. The Morgan fingerprint density at radius 1 is 0.861 bits per heavy atom. The molecule has 190 valence electrons. The average Bonchev–Trinajstić information content (AvgIpc) is 3.09. The van der Waals surface area contributed by atoms with Crippen molar-refractivity contribution in [2.24, 2.45) is 12.0 Å². The highest BCUT2D eigenvalue weighted by Crippen LogP contribution is 2.34. The van der Waals surface area contributed by atoms with Crippen molar-refractivity contribution in [1.29, 1.82) is 0 Å². The van der Waals surface area contributed by atoms with Crippen LogP contribution >= 0.6 is 0 Å². The van der Waals surface area contributed by atoms with E-state index in [0.717, 1.165) is 22.3 Å². The molecule has 0 atom stereocenters. The normalized spacial score (nSPS) is 13.1. The number of aryl methyl sites for hydroxylation is 2. The summed E-state index contributed by atoms with van der Waals surface area (Å²) in [4.78, 5) is 4.90. The molecule has 0 aliphatic rings. The molecule has 0 saturated carbocycles. The largest absolute Gasteiger partial charge is 0.416 e. The monoisotopic (exact) mass is 495 g/mol. The molecule has 0 aliphatic carbocycles. The number of hydrogen-bond acceptors (Lipinski definition) is 2. The fourth-order valence-electron chi connectivity index (χ4n) is 4.47. The van der Waals surface area contributed by atoms with E-state index in [9.17, 15) is 18.3 Å². The molecule has 0 unspecified atom stereocenters. The summed E-state index contributed by atoms with van der Waals surface area (Å²) in [6.07, 6.45) is -3.99. The van der Waals surface area contributed by atoms with Gasteiger partial charge in [0.2, 0.25) is 5.62 Å². The SMILES string of the molecule is CCc1cc(C(F)(F)F)cc2c1n(C)/c(=N/c1ccc(C(C)(C)C)cc1)n2Cc1ccc(CO)cc1. The van der Waals surface area contributed by atoms with Gasteiger partial charge in [-0.2, -0.15) is 13.2 Å². The third kappa shape index (κ3) is 5.12. The van der Waals surface area contributed by atoms with Crippen molar-refractivity contribution in [3.8, 4) is 0 Å². The molecule has 0 bridgehead atoms. The summed E-state index contributed by atoms with van der Waals surface area (Å²) in [5.41, 5.74) is 5.34. The van der Waals surface area contributed by atoms with Gasteiger partial charge in [0.05, 0.1) is 35.4 Å². The maximum Gasteiger partial charge on any atom is 0.416 e. The molecule has 1 aromatic heterocycles. The zero-order valence-corrected chi connectivity index (χ0v) is 21.3. The predicted octanol–water partition coefficient (Wildman–Crippen LogP) is 6.63. The Labute approximate surface area is 209 Å². The molecule has 1 N–H and O–H groups in total. The molecule has 0 radical (unpaired) electrons. The van der Waals surface area contributed by atoms with Crippen LogP contribution in [0.1, 0.15) is 55.5 Å². The first kappa shape index (κ1) is 25.8. The van der Waals surface area contributed by atoms with Gasteiger partial charge in [0.1, 0.15) is 0 Å². The summed E-state index contributed by atoms with van der Waals surface area (Å²) in [5.74, 6) is 0. The molecule has 0 aliphatic heterocycles. The first-order valence-electron chi connectivity index (χ1n) is 12.1. The van der Waals surface area contributed by atoms with Gasteiger partial charge in [0.15, 0.2) is 0 Å². The van der Waals surface area contributed by atoms with Crippen LogP contribution in [0, 0.1) is 0 Å². The molecule has 0 spiro atoms. The molecule has 4 rings (SSSR count). The van der Waals surface area contributed by atoms with Gasteiger partial charge in [-0.25, -0.2) is 4.99 Å². The van der Waals surface area contributed by atoms with E-state index in [2.05, 4.69) is 20.8 Å². The number of aliphatic hydroxyl groups excluding tert-OH is 1. The standard InChI is InChI=1S/C29H32F3N3O/c1-6-21-15-23(29(30,31)32)16-25-26(21)34(5)27(33-24-13-11-22(12-14-24)28(2,3)4)35(25)17-19-7-9-20(18-36)10-8-19/h7-16,36H,6,17-18H2,1-5H3/b33-27-. The van der Waals surface area contributed by atoms with E-state index in [0.29, 0.717) is 29.7 Å². The topological polar surface area (TPSA) is 42.5 Å². The number of nitrogens with zero attached hydrogens (tertiary/aromatic N) is 3. The van der Waals surface area contributed by atoms with Gasteiger partial charge >= 0.3 is 6.18 Å². The zero-order chi connectivity index (χ0) is 26.3. The van der Waals surface area contributed by atoms with Crippen LogP contribution in [-0.2, 0) is 38.2 Å². The molecule has 1 heterocycles. The second kappa shape index (κ2) is 9.62. The average molecular weight is 496 g/mol. The van der Waals surface area contributed by atoms with Crippen molar-refractivity contribution < 1.29 is 18.3 Å². The van der Waals surface area contributed by atoms with Crippen LogP contribution in [0.25, 0.3) is 11.0 Å². The van der Waals surface area contributed by atoms with Crippen LogP contribution < -0.4 is 5.62 Å². The quantitative estimate of drug-likeness (QED) is 0.332. The number of rotatable bonds is 5. The van der Waals surface area contributed by atoms with E-state index in [1.54, 1.807) is 0 Å². The fourth-order valence-corrected chi connectivity index (χ4v) is 4.47. The van der Waals surface area contributed by atoms with Crippen molar-refractivity contribution in [3.63, 3.8) is 0 Å². The Hall–Kier alpha value is -3.32. The smallest absolute Gasteiger partial charge is 0.392 e. The van der Waals surface area contributed by atoms with Gasteiger partial charge < -0.3 is 14.2 Å². The van der Waals surface area contributed by atoms with Gasteiger partial charge in [0, 0.05) is 7.05 Å². The highest BCUT2D eigenvalue weighted by molar-refractivity contribution is 5.81. The lowest BCUT2D eigenvalue weighted by Crippen LogP contribution is -2.24. The Kier molecular flexibility index (Phi) is 6.88. The second-order valence-corrected chi connectivity index (χ2v) is 10.2. The van der Waals surface area contributed by atoms with Crippen LogP contribution in [0.4, 0.5) is 18.9 Å². The van der Waals surface area contributed by atoms with Crippen molar-refractivity contribution >= 4 is 16.7 Å². The molecule has 3 aromatic carbocycles. The highest BCUT2D eigenvalue weighted by atomic mass is 19.4. The van der Waals surface area contributed by atoms with Crippen LogP contribution in [0.15, 0.2) is 65.7 Å². The Bertz CT molecular complexity index is 1440. The summed E-state index contributed by atoms with van der Waals surface area (Å²) in [6.45, 7) is 8.56. The minimum absolute atomic E-state index is 0.00283. The van der Waals surface area contributed by atoms with Gasteiger partial charge in [-0.3, -0.25) is 0 Å². The number of aliphatic hydroxyl groups is 1. The molecule has 4 aromatic rings. The van der Waals surface area contributed by atoms with Crippen LogP contribution in [-0.4, -0.2) is 14.2 Å². The third-order valence-corrected chi connectivity index (χ3v) is 6.55. The number of benzene rings is 3. The Balaban J connectivity index is 1.98. The molecular formula is C29H32F3N3O. The highest BCUT2D eigenvalue weighted by Gasteiger charge is 2.32. The minimum Gasteiger partial charge on any atom is -0.392 e. The lowest BCUT2D eigenvalue weighted by molar-refractivity contribution is -0.137. The fraction of sp³-hybridized carbons (Fsp3) is 0.345. The van der Waals surface area contributed by atoms with E-state index in [1.165, 1.54) is 17.7 Å². The van der Waals surface area contributed by atoms with Gasteiger partial charge in [-0.15, -0.1) is 0 Å². The number of hydrogen-bond donors (Lipinski definition) is 1. The summed E-state index contributed by atoms with van der Waals surface area (Å²) in [7, 11) is 1.85. The number of aromatic nitrogens is 2. The molecule has 7 heteroatoms. The van der Waals surface area contributed by atoms with Crippen molar-refractivity contribution in [1.82, 2.24) is 9.13 Å². The maximum atomic E-state index is 13.8. The number of fused-ring (bicyclic) bond motifs is 1. The summed E-state index contributed by atoms with van der Waals surface area (Å²) < 4.78 is 45.1. The molecular weight excluding hydrogens is 463 g/mol. The predicted molar refractivity (Wildman–Crippen MR) is 137 cm³/mol. The first-order chi connectivity index (χ1) is 16.9. The van der Waals surface area contributed by atoms with Crippen LogP contribution in [0.5, 0.6) is 0 Å². The van der Waals surface area contributed by atoms with E-state index in [-0.39, 0.29) is 12.0 Å². The lowest BCUT2D eigenvalue weighted by atomic mass is 9.87. The third-order valence-electron chi connectivity index (χ3n) is 6.55. The molecule has 0 fully saturated rings. The zero-order valence-electron chi connectivity index (χ0n) is 21.3. The number of imidazole rings is 1. The summed E-state index contributed by atoms with van der Waals surface area (Å²) in [5, 5.41) is 9.38. The Morgan fingerprint density at radius 2 is 1.47 bits per heavy atom. The summed E-state index contributed by atoms with van der Waals surface area (Å²) >= 11 is 0. The number of alkyl halides is 3. The van der Waals surface area contributed by atoms with Crippen molar-refractivity contribution in [2.45, 2.75) is 58.9 Å². The number of halogens is 3. The van der Waals surface area contributed by atoms with Gasteiger partial charge in [-0.1, -0.05) is 64.1 Å². The summed E-state index contributed by atoms with van der Waals surface area (Å²) in [6, 6.07) is 17.8. The first-order valence-corrected chi connectivity index (χ1v) is 12.1. The van der Waals surface area contributed by atoms with Crippen LogP contribution in [0.3, 0.4) is 0 Å². The minimum atomic E-state index is -4.45. The lowest BCUT2D eigenvalue weighted by Gasteiger charge is -2.18. The van der Waals surface area contributed by atoms with Gasteiger partial charge in [0.25, 0.3) is 0 Å². The Morgan fingerprint density at radius 3 is 2.00 bits per heavy atom. The van der Waals surface area contributed by atoms with E-state index >= 15 is 0 Å². The molecule has 0 amide bonds. The van der Waals surface area contributed by atoms with E-state index in [1.807, 2.05) is 71.6 Å². The van der Waals surface area contributed by atoms with Gasteiger partial charge in [-0.05, 0) is 58.4 Å². The maximum absolute atomic E-state index is 13.8. The van der Waals surface area contributed by atoms with E-state index in [4.69, 9.17) is 4.99 Å². The van der Waals surface area contributed by atoms with Crippen LogP contribution in [0.2, 0.25) is 0 Å².